The molecule has 3 rings (SSSR count). The largest absolute Gasteiger partial charge is 0.455 e. The van der Waals surface area contributed by atoms with Crippen molar-refractivity contribution in [1.82, 2.24) is 9.97 Å². The zero-order valence-corrected chi connectivity index (χ0v) is 15.8. The van der Waals surface area contributed by atoms with Crippen LogP contribution >= 0.6 is 0 Å². The van der Waals surface area contributed by atoms with Gasteiger partial charge in [0, 0.05) is 19.7 Å². The summed E-state index contributed by atoms with van der Waals surface area (Å²) in [6.07, 6.45) is 0. The van der Waals surface area contributed by atoms with Gasteiger partial charge >= 0.3 is 0 Å². The number of methoxy groups -OCH3 is 1. The minimum Gasteiger partial charge on any atom is -0.455 e. The van der Waals surface area contributed by atoms with Crippen LogP contribution in [-0.2, 0) is 4.74 Å². The molecule has 0 aliphatic heterocycles. The standard InChI is InChI=1S/C21H22N4O3/c1-15-23-18(14-20(24-15)22-12-13-27-2)21(26)25-17-10-6-7-11-19(17)28-16-8-4-3-5-9-16/h3-11,14H,12-13H2,1-2H3,(H,25,26)(H,22,23,24). The van der Waals surface area contributed by atoms with Gasteiger partial charge in [-0.2, -0.15) is 0 Å². The number of nitrogens with zero attached hydrogens (tertiary/aromatic N) is 2. The van der Waals surface area contributed by atoms with Crippen LogP contribution in [0.4, 0.5) is 11.5 Å². The lowest BCUT2D eigenvalue weighted by atomic mass is 10.2. The van der Waals surface area contributed by atoms with Gasteiger partial charge in [-0.15, -0.1) is 0 Å². The molecule has 0 spiro atoms. The van der Waals surface area contributed by atoms with Gasteiger partial charge in [0.25, 0.3) is 5.91 Å². The lowest BCUT2D eigenvalue weighted by Crippen LogP contribution is -2.17. The number of aromatic nitrogens is 2. The van der Waals surface area contributed by atoms with E-state index in [1.807, 2.05) is 42.5 Å². The highest BCUT2D eigenvalue weighted by Crippen LogP contribution is 2.29. The fraction of sp³-hybridized carbons (Fsp3) is 0.190. The predicted molar refractivity (Wildman–Crippen MR) is 108 cm³/mol. The average Bonchev–Trinajstić information content (AvgIpc) is 2.70. The predicted octanol–water partition coefficient (Wildman–Crippen LogP) is 3.89. The Morgan fingerprint density at radius 3 is 2.57 bits per heavy atom. The molecule has 28 heavy (non-hydrogen) atoms. The Morgan fingerprint density at radius 1 is 1.04 bits per heavy atom. The number of hydrogen-bond acceptors (Lipinski definition) is 6. The van der Waals surface area contributed by atoms with Crippen molar-refractivity contribution in [2.75, 3.05) is 30.9 Å². The Labute approximate surface area is 163 Å². The number of nitrogens with one attached hydrogen (secondary N) is 2. The van der Waals surface area contributed by atoms with Crippen molar-refractivity contribution in [2.24, 2.45) is 0 Å². The van der Waals surface area contributed by atoms with Crippen LogP contribution < -0.4 is 15.4 Å². The summed E-state index contributed by atoms with van der Waals surface area (Å²) in [5, 5.41) is 5.97. The molecule has 0 aliphatic rings. The van der Waals surface area contributed by atoms with E-state index < -0.39 is 0 Å². The summed E-state index contributed by atoms with van der Waals surface area (Å²) in [6, 6.07) is 18.3. The second-order valence-electron chi connectivity index (χ2n) is 5.97. The van der Waals surface area contributed by atoms with Crippen LogP contribution in [0.25, 0.3) is 0 Å². The fourth-order valence-corrected chi connectivity index (χ4v) is 2.52. The highest BCUT2D eigenvalue weighted by Gasteiger charge is 2.13. The second-order valence-corrected chi connectivity index (χ2v) is 5.97. The van der Waals surface area contributed by atoms with E-state index in [1.165, 1.54) is 0 Å². The molecule has 1 amide bonds. The van der Waals surface area contributed by atoms with Crippen LogP contribution in [0.3, 0.4) is 0 Å². The highest BCUT2D eigenvalue weighted by atomic mass is 16.5. The van der Waals surface area contributed by atoms with Crippen molar-refractivity contribution in [3.05, 3.63) is 72.2 Å². The first-order valence-corrected chi connectivity index (χ1v) is 8.87. The quantitative estimate of drug-likeness (QED) is 0.579. The van der Waals surface area contributed by atoms with E-state index in [4.69, 9.17) is 9.47 Å². The number of carbonyl (C=O) groups excluding carboxylic acids is 1. The SMILES string of the molecule is COCCNc1cc(C(=O)Nc2ccccc2Oc2ccccc2)nc(C)n1. The van der Waals surface area contributed by atoms with Crippen LogP contribution in [0.1, 0.15) is 16.3 Å². The van der Waals surface area contributed by atoms with Crippen molar-refractivity contribution >= 4 is 17.4 Å². The summed E-state index contributed by atoms with van der Waals surface area (Å²) in [5.74, 6) is 1.97. The fourth-order valence-electron chi connectivity index (χ4n) is 2.52. The van der Waals surface area contributed by atoms with Crippen LogP contribution in [0.2, 0.25) is 0 Å². The minimum absolute atomic E-state index is 0.266. The van der Waals surface area contributed by atoms with Gasteiger partial charge < -0.3 is 20.1 Å². The van der Waals surface area contributed by atoms with Crippen molar-refractivity contribution in [2.45, 2.75) is 6.92 Å². The van der Waals surface area contributed by atoms with E-state index in [-0.39, 0.29) is 11.6 Å². The summed E-state index contributed by atoms with van der Waals surface area (Å²) in [4.78, 5) is 21.3. The van der Waals surface area contributed by atoms with E-state index in [0.29, 0.717) is 42.0 Å². The maximum absolute atomic E-state index is 12.7. The van der Waals surface area contributed by atoms with Gasteiger partial charge in [0.15, 0.2) is 5.75 Å². The van der Waals surface area contributed by atoms with E-state index in [9.17, 15) is 4.79 Å². The molecule has 1 aromatic heterocycles. The monoisotopic (exact) mass is 378 g/mol. The molecule has 7 heteroatoms. The van der Waals surface area contributed by atoms with E-state index in [0.717, 1.165) is 0 Å². The number of benzene rings is 2. The van der Waals surface area contributed by atoms with Gasteiger partial charge in [-0.05, 0) is 31.2 Å². The molecule has 0 saturated heterocycles. The molecular weight excluding hydrogens is 356 g/mol. The summed E-state index contributed by atoms with van der Waals surface area (Å²) in [7, 11) is 1.63. The van der Waals surface area contributed by atoms with Gasteiger partial charge in [0.2, 0.25) is 0 Å². The molecular formula is C21H22N4O3. The molecule has 2 N–H and O–H groups in total. The van der Waals surface area contributed by atoms with E-state index >= 15 is 0 Å². The molecule has 0 atom stereocenters. The molecule has 0 saturated carbocycles. The third kappa shape index (κ3) is 5.28. The topological polar surface area (TPSA) is 85.4 Å². The normalized spacial score (nSPS) is 10.4. The first-order chi connectivity index (χ1) is 13.7. The summed E-state index contributed by atoms with van der Waals surface area (Å²) in [6.45, 7) is 2.86. The Bertz CT molecular complexity index is 932. The molecule has 0 bridgehead atoms. The molecule has 1 heterocycles. The molecule has 7 nitrogen and oxygen atoms in total. The second kappa shape index (κ2) is 9.48. The number of anilines is 2. The van der Waals surface area contributed by atoms with Gasteiger partial charge in [0.05, 0.1) is 12.3 Å². The van der Waals surface area contributed by atoms with Crippen molar-refractivity contribution in [1.29, 1.82) is 0 Å². The van der Waals surface area contributed by atoms with Gasteiger partial charge in [-0.25, -0.2) is 9.97 Å². The Hall–Kier alpha value is -3.45. The number of hydrogen-bond donors (Lipinski definition) is 2. The van der Waals surface area contributed by atoms with Gasteiger partial charge in [-0.3, -0.25) is 4.79 Å². The maximum Gasteiger partial charge on any atom is 0.274 e. The molecule has 0 radical (unpaired) electrons. The zero-order chi connectivity index (χ0) is 19.8. The van der Waals surface area contributed by atoms with Crippen molar-refractivity contribution < 1.29 is 14.3 Å². The zero-order valence-electron chi connectivity index (χ0n) is 15.8. The first kappa shape index (κ1) is 19.3. The van der Waals surface area contributed by atoms with Crippen LogP contribution in [-0.4, -0.2) is 36.1 Å². The molecule has 0 aliphatic carbocycles. The molecule has 2 aromatic carbocycles. The first-order valence-electron chi connectivity index (χ1n) is 8.87. The highest BCUT2D eigenvalue weighted by molar-refractivity contribution is 6.04. The molecule has 144 valence electrons. The number of ether oxygens (including phenoxy) is 2. The number of carbonyl (C=O) groups is 1. The van der Waals surface area contributed by atoms with E-state index in [1.54, 1.807) is 32.2 Å². The lowest BCUT2D eigenvalue weighted by molar-refractivity contribution is 0.102. The average molecular weight is 378 g/mol. The molecule has 0 fully saturated rings. The van der Waals surface area contributed by atoms with E-state index in [2.05, 4.69) is 20.6 Å². The van der Waals surface area contributed by atoms with Gasteiger partial charge in [-0.1, -0.05) is 30.3 Å². The van der Waals surface area contributed by atoms with Crippen molar-refractivity contribution in [3.8, 4) is 11.5 Å². The number of aryl methyl sites for hydroxylation is 1. The third-order valence-corrected chi connectivity index (χ3v) is 3.79. The van der Waals surface area contributed by atoms with Crippen LogP contribution in [0.15, 0.2) is 60.7 Å². The number of para-hydroxylation sites is 3. The summed E-state index contributed by atoms with van der Waals surface area (Å²) < 4.78 is 10.9. The summed E-state index contributed by atoms with van der Waals surface area (Å²) in [5.41, 5.74) is 0.823. The summed E-state index contributed by atoms with van der Waals surface area (Å²) >= 11 is 0. The lowest BCUT2D eigenvalue weighted by Gasteiger charge is -2.13. The molecule has 3 aromatic rings. The minimum atomic E-state index is -0.343. The smallest absolute Gasteiger partial charge is 0.274 e. The number of rotatable bonds is 8. The third-order valence-electron chi connectivity index (χ3n) is 3.79. The van der Waals surface area contributed by atoms with Crippen LogP contribution in [0, 0.1) is 6.92 Å². The Morgan fingerprint density at radius 2 is 1.79 bits per heavy atom. The van der Waals surface area contributed by atoms with Crippen molar-refractivity contribution in [3.63, 3.8) is 0 Å². The number of amides is 1. The maximum atomic E-state index is 12.7. The Kier molecular flexibility index (Phi) is 6.54. The molecule has 0 unspecified atom stereocenters. The van der Waals surface area contributed by atoms with Crippen LogP contribution in [0.5, 0.6) is 11.5 Å². The Balaban J connectivity index is 1.76. The van der Waals surface area contributed by atoms with Gasteiger partial charge in [0.1, 0.15) is 23.1 Å².